The molecule has 1 fully saturated rings. The van der Waals surface area contributed by atoms with Crippen LogP contribution in [0.1, 0.15) is 37.3 Å². The van der Waals surface area contributed by atoms with Gasteiger partial charge in [0, 0.05) is 10.6 Å². The molecule has 1 aliphatic carbocycles. The Hall–Kier alpha value is -1.41. The smallest absolute Gasteiger partial charge is 0.133 e. The molecule has 3 rings (SSSR count). The molecule has 21 heavy (non-hydrogen) atoms. The van der Waals surface area contributed by atoms with Crippen molar-refractivity contribution in [1.82, 2.24) is 0 Å². The van der Waals surface area contributed by atoms with Crippen LogP contribution in [-0.4, -0.2) is 6.10 Å². The van der Waals surface area contributed by atoms with Gasteiger partial charge in [0.2, 0.25) is 0 Å². The van der Waals surface area contributed by atoms with Crippen molar-refractivity contribution in [2.75, 3.05) is 0 Å². The summed E-state index contributed by atoms with van der Waals surface area (Å²) < 4.78 is 6.15. The Labute approximate surface area is 131 Å². The van der Waals surface area contributed by atoms with Crippen molar-refractivity contribution in [3.8, 4) is 5.75 Å². The molecule has 0 bridgehead atoms. The monoisotopic (exact) mass is 298 g/mol. The average Bonchev–Trinajstić information content (AvgIpc) is 2.50. The lowest BCUT2D eigenvalue weighted by Crippen LogP contribution is -2.24. The zero-order valence-corrected chi connectivity index (χ0v) is 13.4. The van der Waals surface area contributed by atoms with Crippen LogP contribution in [0.2, 0.25) is 0 Å². The van der Waals surface area contributed by atoms with Crippen molar-refractivity contribution in [2.24, 2.45) is 0 Å². The first kappa shape index (κ1) is 14.5. The molecule has 1 nitrogen and oxygen atoms in total. The Morgan fingerprint density at radius 3 is 2.52 bits per heavy atom. The van der Waals surface area contributed by atoms with Gasteiger partial charge in [-0.3, -0.25) is 0 Å². The van der Waals surface area contributed by atoms with Crippen LogP contribution >= 0.6 is 11.8 Å². The molecule has 0 atom stereocenters. The summed E-state index contributed by atoms with van der Waals surface area (Å²) in [5.74, 6) is 2.06. The van der Waals surface area contributed by atoms with Gasteiger partial charge in [-0.15, -0.1) is 11.8 Å². The lowest BCUT2D eigenvalue weighted by Gasteiger charge is -2.27. The van der Waals surface area contributed by atoms with Crippen LogP contribution in [-0.2, 0) is 12.2 Å². The summed E-state index contributed by atoms with van der Waals surface area (Å²) >= 11 is 1.88. The fraction of sp³-hybridized carbons (Fsp3) is 0.368. The third kappa shape index (κ3) is 3.82. The molecule has 2 heteroatoms. The summed E-state index contributed by atoms with van der Waals surface area (Å²) in [7, 11) is 0. The van der Waals surface area contributed by atoms with Crippen LogP contribution < -0.4 is 4.74 Å². The van der Waals surface area contributed by atoms with Crippen molar-refractivity contribution >= 4 is 11.8 Å². The molecule has 0 saturated heterocycles. The van der Waals surface area contributed by atoms with E-state index in [0.717, 1.165) is 17.9 Å². The summed E-state index contributed by atoms with van der Waals surface area (Å²) in [6.45, 7) is 2.20. The van der Waals surface area contributed by atoms with Crippen LogP contribution in [0, 0.1) is 0 Å². The Balaban J connectivity index is 1.73. The number of ether oxygens (including phenoxy) is 1. The molecule has 2 aromatic carbocycles. The molecule has 1 aliphatic rings. The number of aryl methyl sites for hydroxylation is 1. The van der Waals surface area contributed by atoms with Crippen LogP contribution in [0.25, 0.3) is 0 Å². The molecule has 1 saturated carbocycles. The number of hydrogen-bond donors (Lipinski definition) is 0. The average molecular weight is 298 g/mol. The Morgan fingerprint density at radius 2 is 1.86 bits per heavy atom. The molecule has 0 N–H and O–H groups in total. The molecule has 0 amide bonds. The SMILES string of the molecule is CCc1ccc(OC2CCC2)c(SCc2ccccc2)c1. The second kappa shape index (κ2) is 7.04. The van der Waals surface area contributed by atoms with Crippen LogP contribution in [0.15, 0.2) is 53.4 Å². The van der Waals surface area contributed by atoms with Gasteiger partial charge < -0.3 is 4.74 Å². The highest BCUT2D eigenvalue weighted by Crippen LogP contribution is 2.35. The summed E-state index contributed by atoms with van der Waals surface area (Å²) in [4.78, 5) is 1.28. The van der Waals surface area contributed by atoms with Crippen molar-refractivity contribution in [3.63, 3.8) is 0 Å². The van der Waals surface area contributed by atoms with Crippen molar-refractivity contribution in [3.05, 3.63) is 59.7 Å². The maximum absolute atomic E-state index is 6.15. The van der Waals surface area contributed by atoms with E-state index < -0.39 is 0 Å². The number of benzene rings is 2. The third-order valence-corrected chi connectivity index (χ3v) is 5.11. The zero-order chi connectivity index (χ0) is 14.5. The minimum atomic E-state index is 0.438. The van der Waals surface area contributed by atoms with E-state index in [1.807, 2.05) is 11.8 Å². The van der Waals surface area contributed by atoms with E-state index in [0.29, 0.717) is 6.10 Å². The van der Waals surface area contributed by atoms with Crippen LogP contribution in [0.5, 0.6) is 5.75 Å². The highest BCUT2D eigenvalue weighted by Gasteiger charge is 2.20. The lowest BCUT2D eigenvalue weighted by molar-refractivity contribution is 0.117. The van der Waals surface area contributed by atoms with E-state index in [1.165, 1.54) is 35.3 Å². The molecular formula is C19H22OS. The molecule has 0 unspecified atom stereocenters. The molecule has 2 aromatic rings. The largest absolute Gasteiger partial charge is 0.489 e. The standard InChI is InChI=1S/C19H22OS/c1-2-15-11-12-18(20-17-9-6-10-17)19(13-15)21-14-16-7-4-3-5-8-16/h3-5,7-8,11-13,17H,2,6,9-10,14H2,1H3. The summed E-state index contributed by atoms with van der Waals surface area (Å²) in [6.07, 6.45) is 5.23. The number of thioether (sulfide) groups is 1. The van der Waals surface area contributed by atoms with Gasteiger partial charge in [-0.1, -0.05) is 43.3 Å². The highest BCUT2D eigenvalue weighted by molar-refractivity contribution is 7.98. The van der Waals surface area contributed by atoms with Crippen LogP contribution in [0.4, 0.5) is 0 Å². The fourth-order valence-corrected chi connectivity index (χ4v) is 3.39. The maximum Gasteiger partial charge on any atom is 0.133 e. The molecule has 0 aromatic heterocycles. The van der Waals surface area contributed by atoms with Gasteiger partial charge in [-0.25, -0.2) is 0 Å². The first-order valence-corrected chi connectivity index (χ1v) is 8.80. The maximum atomic E-state index is 6.15. The van der Waals surface area contributed by atoms with E-state index in [9.17, 15) is 0 Å². The second-order valence-corrected chi connectivity index (χ2v) is 6.60. The topological polar surface area (TPSA) is 9.23 Å². The minimum absolute atomic E-state index is 0.438. The Kier molecular flexibility index (Phi) is 4.87. The molecule has 0 aliphatic heterocycles. The quantitative estimate of drug-likeness (QED) is 0.654. The van der Waals surface area contributed by atoms with Gasteiger partial charge in [0.1, 0.15) is 5.75 Å². The van der Waals surface area contributed by atoms with E-state index in [1.54, 1.807) is 0 Å². The predicted octanol–water partition coefficient (Wildman–Crippen LogP) is 5.47. The third-order valence-electron chi connectivity index (χ3n) is 4.00. The predicted molar refractivity (Wildman–Crippen MR) is 90.1 cm³/mol. The van der Waals surface area contributed by atoms with Crippen molar-refractivity contribution < 1.29 is 4.74 Å². The first-order valence-electron chi connectivity index (χ1n) is 7.81. The van der Waals surface area contributed by atoms with Gasteiger partial charge in [0.25, 0.3) is 0 Å². The normalized spacial score (nSPS) is 14.7. The summed E-state index contributed by atoms with van der Waals surface area (Å²) in [6, 6.07) is 17.3. The van der Waals surface area contributed by atoms with Crippen molar-refractivity contribution in [2.45, 2.75) is 49.4 Å². The van der Waals surface area contributed by atoms with Crippen LogP contribution in [0.3, 0.4) is 0 Å². The molecule has 0 radical (unpaired) electrons. The fourth-order valence-electron chi connectivity index (χ4n) is 2.39. The molecule has 0 heterocycles. The van der Waals surface area contributed by atoms with Gasteiger partial charge >= 0.3 is 0 Å². The highest BCUT2D eigenvalue weighted by atomic mass is 32.2. The Bertz CT molecular complexity index is 575. The first-order chi connectivity index (χ1) is 10.3. The summed E-state index contributed by atoms with van der Waals surface area (Å²) in [5, 5.41) is 0. The van der Waals surface area contributed by atoms with Crippen molar-refractivity contribution in [1.29, 1.82) is 0 Å². The Morgan fingerprint density at radius 1 is 1.05 bits per heavy atom. The lowest BCUT2D eigenvalue weighted by atomic mass is 9.96. The zero-order valence-electron chi connectivity index (χ0n) is 12.5. The van der Waals surface area contributed by atoms with Gasteiger partial charge in [0.05, 0.1) is 6.10 Å². The molecule has 110 valence electrons. The van der Waals surface area contributed by atoms with Gasteiger partial charge in [-0.2, -0.15) is 0 Å². The van der Waals surface area contributed by atoms with E-state index in [-0.39, 0.29) is 0 Å². The van der Waals surface area contributed by atoms with Gasteiger partial charge in [0.15, 0.2) is 0 Å². The summed E-state index contributed by atoms with van der Waals surface area (Å²) in [5.41, 5.74) is 2.74. The number of hydrogen-bond acceptors (Lipinski definition) is 2. The minimum Gasteiger partial charge on any atom is -0.489 e. The second-order valence-electron chi connectivity index (χ2n) is 5.58. The van der Waals surface area contributed by atoms with E-state index in [4.69, 9.17) is 4.74 Å². The van der Waals surface area contributed by atoms with E-state index >= 15 is 0 Å². The van der Waals surface area contributed by atoms with Gasteiger partial charge in [-0.05, 0) is 48.9 Å². The molecule has 0 spiro atoms. The molecular weight excluding hydrogens is 276 g/mol. The van der Waals surface area contributed by atoms with E-state index in [2.05, 4.69) is 55.5 Å². The number of rotatable bonds is 6.